The fourth-order valence-electron chi connectivity index (χ4n) is 3.45. The summed E-state index contributed by atoms with van der Waals surface area (Å²) in [5.74, 6) is 1.18. The van der Waals surface area contributed by atoms with Crippen LogP contribution in [0.1, 0.15) is 20.3 Å². The highest BCUT2D eigenvalue weighted by atomic mass is 32.2. The molecule has 1 N–H and O–H groups in total. The summed E-state index contributed by atoms with van der Waals surface area (Å²) in [6, 6.07) is 16.3. The smallest absolute Gasteiger partial charge is 0.233 e. The van der Waals surface area contributed by atoms with Crippen LogP contribution >= 0.6 is 11.8 Å². The fourth-order valence-corrected chi connectivity index (χ4v) is 4.44. The average Bonchev–Trinajstić information content (AvgIpc) is 2.73. The number of pyridine rings is 1. The largest absolute Gasteiger partial charge is 0.354 e. The zero-order chi connectivity index (χ0) is 19.8. The second kappa shape index (κ2) is 10.5. The van der Waals surface area contributed by atoms with E-state index >= 15 is 0 Å². The van der Waals surface area contributed by atoms with Gasteiger partial charge in [-0.2, -0.15) is 0 Å². The first kappa shape index (κ1) is 20.7. The molecule has 0 aliphatic carbocycles. The molecule has 1 amide bonds. The Balaban J connectivity index is 1.43. The predicted molar refractivity (Wildman–Crippen MR) is 117 cm³/mol. The number of carbonyl (C=O) groups is 1. The number of benzene rings is 1. The van der Waals surface area contributed by atoms with Crippen LogP contribution in [0.4, 0.5) is 5.82 Å². The summed E-state index contributed by atoms with van der Waals surface area (Å²) in [6.45, 7) is 8.98. The standard InChI is InChI=1S/C22H30N4OS/c1-3-20(28-19-9-5-4-6-10-19)22(27)24-18(2)17-25-13-15-26(16-14-25)21-11-7-8-12-23-21/h4-12,18,20H,3,13-17H2,1-2H3,(H,24,27). The number of piperazine rings is 1. The number of aromatic nitrogens is 1. The van der Waals surface area contributed by atoms with Crippen LogP contribution in [0.25, 0.3) is 0 Å². The number of carbonyl (C=O) groups excluding carboxylic acids is 1. The lowest BCUT2D eigenvalue weighted by atomic mass is 10.2. The van der Waals surface area contributed by atoms with E-state index < -0.39 is 0 Å². The number of hydrogen-bond donors (Lipinski definition) is 1. The molecule has 1 saturated heterocycles. The van der Waals surface area contributed by atoms with Crippen molar-refractivity contribution in [3.63, 3.8) is 0 Å². The van der Waals surface area contributed by atoms with E-state index in [1.54, 1.807) is 11.8 Å². The van der Waals surface area contributed by atoms with Gasteiger partial charge in [0, 0.05) is 49.9 Å². The minimum absolute atomic E-state index is 0.0501. The summed E-state index contributed by atoms with van der Waals surface area (Å²) in [7, 11) is 0. The summed E-state index contributed by atoms with van der Waals surface area (Å²) in [5, 5.41) is 3.16. The summed E-state index contributed by atoms with van der Waals surface area (Å²) >= 11 is 1.64. The molecule has 0 radical (unpaired) electrons. The second-order valence-electron chi connectivity index (χ2n) is 7.21. The van der Waals surface area contributed by atoms with Gasteiger partial charge in [0.1, 0.15) is 5.82 Å². The maximum absolute atomic E-state index is 12.7. The number of thioether (sulfide) groups is 1. The van der Waals surface area contributed by atoms with Crippen LogP contribution in [-0.2, 0) is 4.79 Å². The SMILES string of the molecule is CCC(Sc1ccccc1)C(=O)NC(C)CN1CCN(c2ccccn2)CC1. The molecular formula is C22H30N4OS. The van der Waals surface area contributed by atoms with Gasteiger partial charge in [-0.3, -0.25) is 9.69 Å². The van der Waals surface area contributed by atoms with Crippen molar-refractivity contribution in [2.24, 2.45) is 0 Å². The second-order valence-corrected chi connectivity index (χ2v) is 8.49. The van der Waals surface area contributed by atoms with Gasteiger partial charge in [0.25, 0.3) is 0 Å². The third-order valence-corrected chi connectivity index (χ3v) is 6.33. The highest BCUT2D eigenvalue weighted by Gasteiger charge is 2.23. The molecule has 28 heavy (non-hydrogen) atoms. The topological polar surface area (TPSA) is 48.5 Å². The molecule has 3 rings (SSSR count). The summed E-state index contributed by atoms with van der Waals surface area (Å²) in [5.41, 5.74) is 0. The number of anilines is 1. The predicted octanol–water partition coefficient (Wildman–Crippen LogP) is 3.28. The van der Waals surface area contributed by atoms with Crippen LogP contribution in [0.3, 0.4) is 0 Å². The monoisotopic (exact) mass is 398 g/mol. The van der Waals surface area contributed by atoms with Crippen molar-refractivity contribution >= 4 is 23.5 Å². The quantitative estimate of drug-likeness (QED) is 0.692. The molecule has 2 unspecified atom stereocenters. The van der Waals surface area contributed by atoms with Gasteiger partial charge in [-0.05, 0) is 37.6 Å². The van der Waals surface area contributed by atoms with E-state index in [9.17, 15) is 4.79 Å². The van der Waals surface area contributed by atoms with Gasteiger partial charge in [-0.1, -0.05) is 31.2 Å². The van der Waals surface area contributed by atoms with Gasteiger partial charge in [0.15, 0.2) is 0 Å². The van der Waals surface area contributed by atoms with Gasteiger partial charge in [0.05, 0.1) is 5.25 Å². The number of nitrogens with one attached hydrogen (secondary N) is 1. The van der Waals surface area contributed by atoms with Crippen LogP contribution in [-0.4, -0.2) is 59.8 Å². The van der Waals surface area contributed by atoms with Crippen molar-refractivity contribution in [1.29, 1.82) is 0 Å². The molecule has 2 heterocycles. The first-order valence-corrected chi connectivity index (χ1v) is 10.9. The van der Waals surface area contributed by atoms with Crippen molar-refractivity contribution < 1.29 is 4.79 Å². The first-order chi connectivity index (χ1) is 13.7. The van der Waals surface area contributed by atoms with Crippen LogP contribution in [0.2, 0.25) is 0 Å². The molecule has 5 nitrogen and oxygen atoms in total. The van der Waals surface area contributed by atoms with Gasteiger partial charge in [0.2, 0.25) is 5.91 Å². The summed E-state index contributed by atoms with van der Waals surface area (Å²) in [4.78, 5) is 23.0. The molecule has 1 fully saturated rings. The van der Waals surface area contributed by atoms with Crippen LogP contribution in [0, 0.1) is 0 Å². The molecule has 0 spiro atoms. The Morgan fingerprint density at radius 3 is 2.46 bits per heavy atom. The molecule has 6 heteroatoms. The summed E-state index contributed by atoms with van der Waals surface area (Å²) < 4.78 is 0. The molecule has 2 aromatic rings. The van der Waals surface area contributed by atoms with E-state index in [1.165, 1.54) is 0 Å². The maximum Gasteiger partial charge on any atom is 0.233 e. The fraction of sp³-hybridized carbons (Fsp3) is 0.455. The zero-order valence-electron chi connectivity index (χ0n) is 16.8. The number of amides is 1. The minimum Gasteiger partial charge on any atom is -0.354 e. The van der Waals surface area contributed by atoms with Gasteiger partial charge >= 0.3 is 0 Å². The Bertz CT molecular complexity index is 720. The van der Waals surface area contributed by atoms with Crippen molar-refractivity contribution in [1.82, 2.24) is 15.2 Å². The van der Waals surface area contributed by atoms with E-state index in [2.05, 4.69) is 52.1 Å². The van der Waals surface area contributed by atoms with Crippen molar-refractivity contribution in [3.05, 3.63) is 54.7 Å². The molecule has 1 aromatic carbocycles. The van der Waals surface area contributed by atoms with Crippen molar-refractivity contribution in [3.8, 4) is 0 Å². The van der Waals surface area contributed by atoms with E-state index in [0.717, 1.165) is 49.9 Å². The Labute approximate surface area is 172 Å². The van der Waals surface area contributed by atoms with E-state index in [4.69, 9.17) is 0 Å². The molecule has 1 aliphatic heterocycles. The van der Waals surface area contributed by atoms with E-state index in [0.29, 0.717) is 0 Å². The van der Waals surface area contributed by atoms with Crippen molar-refractivity contribution in [2.45, 2.75) is 36.5 Å². The number of rotatable bonds is 8. The normalized spacial score (nSPS) is 17.1. The maximum atomic E-state index is 12.7. The Hall–Kier alpha value is -2.05. The highest BCUT2D eigenvalue weighted by molar-refractivity contribution is 8.00. The third-order valence-electron chi connectivity index (χ3n) is 4.95. The zero-order valence-corrected chi connectivity index (χ0v) is 17.6. The van der Waals surface area contributed by atoms with Crippen LogP contribution in [0.15, 0.2) is 59.6 Å². The van der Waals surface area contributed by atoms with E-state index in [-0.39, 0.29) is 17.2 Å². The third kappa shape index (κ3) is 5.97. The lowest BCUT2D eigenvalue weighted by Gasteiger charge is -2.36. The van der Waals surface area contributed by atoms with Gasteiger partial charge in [-0.15, -0.1) is 11.8 Å². The number of hydrogen-bond acceptors (Lipinski definition) is 5. The molecule has 0 saturated carbocycles. The Morgan fingerprint density at radius 1 is 1.11 bits per heavy atom. The molecule has 150 valence electrons. The first-order valence-electron chi connectivity index (χ1n) is 10.1. The minimum atomic E-state index is -0.0501. The number of nitrogens with zero attached hydrogens (tertiary/aromatic N) is 3. The van der Waals surface area contributed by atoms with Crippen LogP contribution < -0.4 is 10.2 Å². The molecule has 0 bridgehead atoms. The summed E-state index contributed by atoms with van der Waals surface area (Å²) in [6.07, 6.45) is 2.66. The molecular weight excluding hydrogens is 368 g/mol. The average molecular weight is 399 g/mol. The van der Waals surface area contributed by atoms with Gasteiger partial charge < -0.3 is 10.2 Å². The molecule has 2 atom stereocenters. The highest BCUT2D eigenvalue weighted by Crippen LogP contribution is 2.25. The lowest BCUT2D eigenvalue weighted by molar-refractivity contribution is -0.121. The molecule has 1 aromatic heterocycles. The lowest BCUT2D eigenvalue weighted by Crippen LogP contribution is -2.51. The Kier molecular flexibility index (Phi) is 7.74. The Morgan fingerprint density at radius 2 is 1.82 bits per heavy atom. The van der Waals surface area contributed by atoms with Gasteiger partial charge in [-0.25, -0.2) is 4.98 Å². The van der Waals surface area contributed by atoms with Crippen molar-refractivity contribution in [2.75, 3.05) is 37.6 Å². The van der Waals surface area contributed by atoms with E-state index in [1.807, 2.05) is 36.5 Å². The molecule has 1 aliphatic rings. The van der Waals surface area contributed by atoms with Crippen LogP contribution in [0.5, 0.6) is 0 Å².